The van der Waals surface area contributed by atoms with Gasteiger partial charge in [0.15, 0.2) is 11.5 Å². The molecule has 0 bridgehead atoms. The van der Waals surface area contributed by atoms with Crippen LogP contribution in [0.4, 0.5) is 0 Å². The van der Waals surface area contributed by atoms with E-state index in [0.717, 1.165) is 5.56 Å². The molecule has 4 aromatic rings. The number of rotatable bonds is 6. The SMILES string of the molecule is COc1ccc(-c2c(C)oc3cc(OCc4ccccc4Cl)ccc3c2=O)cc1OC. The van der Waals surface area contributed by atoms with E-state index >= 15 is 0 Å². The quantitative estimate of drug-likeness (QED) is 0.370. The molecule has 3 aromatic carbocycles. The van der Waals surface area contributed by atoms with Crippen LogP contribution in [0.3, 0.4) is 0 Å². The Hall–Kier alpha value is -3.44. The molecule has 6 heteroatoms. The van der Waals surface area contributed by atoms with Crippen LogP contribution in [-0.4, -0.2) is 14.2 Å². The Morgan fingerprint density at radius 2 is 1.71 bits per heavy atom. The fraction of sp³-hybridized carbons (Fsp3) is 0.160. The molecule has 0 atom stereocenters. The molecule has 0 aliphatic heterocycles. The molecule has 0 N–H and O–H groups in total. The molecule has 4 rings (SSSR count). The summed E-state index contributed by atoms with van der Waals surface area (Å²) in [7, 11) is 3.13. The summed E-state index contributed by atoms with van der Waals surface area (Å²) < 4.78 is 22.5. The molecular formula is C25H21ClO5. The Balaban J connectivity index is 1.70. The molecule has 0 spiro atoms. The highest BCUT2D eigenvalue weighted by molar-refractivity contribution is 6.31. The van der Waals surface area contributed by atoms with Gasteiger partial charge in [0.05, 0.1) is 25.2 Å². The van der Waals surface area contributed by atoms with Crippen molar-refractivity contribution in [2.45, 2.75) is 13.5 Å². The maximum absolute atomic E-state index is 13.2. The van der Waals surface area contributed by atoms with Gasteiger partial charge < -0.3 is 18.6 Å². The zero-order valence-corrected chi connectivity index (χ0v) is 18.2. The van der Waals surface area contributed by atoms with Crippen LogP contribution in [0.15, 0.2) is 69.9 Å². The van der Waals surface area contributed by atoms with Crippen molar-refractivity contribution < 1.29 is 18.6 Å². The zero-order chi connectivity index (χ0) is 22.0. The van der Waals surface area contributed by atoms with Crippen LogP contribution in [0.5, 0.6) is 17.2 Å². The third-order valence-electron chi connectivity index (χ3n) is 5.06. The van der Waals surface area contributed by atoms with Crippen LogP contribution in [-0.2, 0) is 6.61 Å². The van der Waals surface area contributed by atoms with Crippen molar-refractivity contribution in [2.24, 2.45) is 0 Å². The Morgan fingerprint density at radius 3 is 2.45 bits per heavy atom. The fourth-order valence-electron chi connectivity index (χ4n) is 3.48. The van der Waals surface area contributed by atoms with Gasteiger partial charge in [0.1, 0.15) is 23.7 Å². The molecular weight excluding hydrogens is 416 g/mol. The minimum Gasteiger partial charge on any atom is -0.493 e. The average Bonchev–Trinajstić information content (AvgIpc) is 2.78. The molecule has 0 fully saturated rings. The molecule has 0 amide bonds. The molecule has 158 valence electrons. The average molecular weight is 437 g/mol. The number of benzene rings is 3. The highest BCUT2D eigenvalue weighted by atomic mass is 35.5. The third-order valence-corrected chi connectivity index (χ3v) is 5.43. The molecule has 5 nitrogen and oxygen atoms in total. The molecule has 0 saturated heterocycles. The van der Waals surface area contributed by atoms with E-state index in [0.29, 0.717) is 56.7 Å². The van der Waals surface area contributed by atoms with Crippen LogP contribution in [0.2, 0.25) is 5.02 Å². The number of halogens is 1. The van der Waals surface area contributed by atoms with Crippen molar-refractivity contribution in [3.05, 3.63) is 87.2 Å². The Labute approximate surface area is 184 Å². The van der Waals surface area contributed by atoms with Crippen LogP contribution in [0.25, 0.3) is 22.1 Å². The van der Waals surface area contributed by atoms with Gasteiger partial charge >= 0.3 is 0 Å². The fourth-order valence-corrected chi connectivity index (χ4v) is 3.67. The van der Waals surface area contributed by atoms with Gasteiger partial charge in [-0.15, -0.1) is 0 Å². The lowest BCUT2D eigenvalue weighted by molar-refractivity contribution is 0.306. The number of hydrogen-bond donors (Lipinski definition) is 0. The van der Waals surface area contributed by atoms with Crippen LogP contribution >= 0.6 is 11.6 Å². The van der Waals surface area contributed by atoms with Gasteiger partial charge in [-0.2, -0.15) is 0 Å². The topological polar surface area (TPSA) is 57.9 Å². The van der Waals surface area contributed by atoms with E-state index in [2.05, 4.69) is 0 Å². The van der Waals surface area contributed by atoms with Crippen LogP contribution < -0.4 is 19.6 Å². The summed E-state index contributed by atoms with van der Waals surface area (Å²) >= 11 is 6.19. The van der Waals surface area contributed by atoms with Crippen molar-refractivity contribution in [2.75, 3.05) is 14.2 Å². The second-order valence-corrected chi connectivity index (χ2v) is 7.38. The molecule has 0 aliphatic rings. The van der Waals surface area contributed by atoms with E-state index in [-0.39, 0.29) is 5.43 Å². The molecule has 0 aliphatic carbocycles. The number of fused-ring (bicyclic) bond motifs is 1. The number of ether oxygens (including phenoxy) is 3. The van der Waals surface area contributed by atoms with E-state index < -0.39 is 0 Å². The Bertz CT molecular complexity index is 1310. The smallest absolute Gasteiger partial charge is 0.200 e. The highest BCUT2D eigenvalue weighted by Crippen LogP contribution is 2.33. The van der Waals surface area contributed by atoms with Crippen molar-refractivity contribution >= 4 is 22.6 Å². The summed E-state index contributed by atoms with van der Waals surface area (Å²) in [5, 5.41) is 1.12. The minimum atomic E-state index is -0.122. The van der Waals surface area contributed by atoms with Crippen molar-refractivity contribution in [1.82, 2.24) is 0 Å². The molecule has 31 heavy (non-hydrogen) atoms. The van der Waals surface area contributed by atoms with Gasteiger partial charge in [-0.25, -0.2) is 0 Å². The lowest BCUT2D eigenvalue weighted by Crippen LogP contribution is -2.08. The van der Waals surface area contributed by atoms with E-state index in [1.807, 2.05) is 30.3 Å². The van der Waals surface area contributed by atoms with E-state index in [9.17, 15) is 4.79 Å². The van der Waals surface area contributed by atoms with Gasteiger partial charge in [-0.3, -0.25) is 4.79 Å². The van der Waals surface area contributed by atoms with E-state index in [4.69, 9.17) is 30.2 Å². The number of hydrogen-bond acceptors (Lipinski definition) is 5. The first-order valence-corrected chi connectivity index (χ1v) is 10.1. The minimum absolute atomic E-state index is 0.122. The summed E-state index contributed by atoms with van der Waals surface area (Å²) in [6.07, 6.45) is 0. The lowest BCUT2D eigenvalue weighted by atomic mass is 10.0. The zero-order valence-electron chi connectivity index (χ0n) is 17.4. The summed E-state index contributed by atoms with van der Waals surface area (Å²) in [6, 6.07) is 18.0. The van der Waals surface area contributed by atoms with E-state index in [1.54, 1.807) is 51.5 Å². The first-order valence-electron chi connectivity index (χ1n) is 9.68. The van der Waals surface area contributed by atoms with Gasteiger partial charge in [-0.1, -0.05) is 35.9 Å². The maximum atomic E-state index is 13.2. The van der Waals surface area contributed by atoms with Gasteiger partial charge in [-0.05, 0) is 42.8 Å². The van der Waals surface area contributed by atoms with Crippen molar-refractivity contribution in [3.8, 4) is 28.4 Å². The maximum Gasteiger partial charge on any atom is 0.200 e. The highest BCUT2D eigenvalue weighted by Gasteiger charge is 2.16. The summed E-state index contributed by atoms with van der Waals surface area (Å²) in [5.41, 5.74) is 2.40. The summed E-state index contributed by atoms with van der Waals surface area (Å²) in [6.45, 7) is 2.09. The molecule has 1 heterocycles. The normalized spacial score (nSPS) is 10.8. The second-order valence-electron chi connectivity index (χ2n) is 6.97. The van der Waals surface area contributed by atoms with Gasteiger partial charge in [0.25, 0.3) is 0 Å². The lowest BCUT2D eigenvalue weighted by Gasteiger charge is -2.12. The van der Waals surface area contributed by atoms with Crippen molar-refractivity contribution in [3.63, 3.8) is 0 Å². The van der Waals surface area contributed by atoms with Crippen LogP contribution in [0.1, 0.15) is 11.3 Å². The number of aryl methyl sites for hydroxylation is 1. The predicted molar refractivity (Wildman–Crippen MR) is 122 cm³/mol. The molecule has 0 saturated carbocycles. The van der Waals surface area contributed by atoms with Crippen molar-refractivity contribution in [1.29, 1.82) is 0 Å². The predicted octanol–water partition coefficient (Wildman–Crippen LogP) is 6.02. The Kier molecular flexibility index (Phi) is 5.87. The standard InChI is InChI=1S/C25H21ClO5/c1-15-24(16-8-11-21(28-2)23(12-16)29-3)25(27)19-10-9-18(13-22(19)31-15)30-14-17-6-4-5-7-20(17)26/h4-13H,14H2,1-3H3. The number of methoxy groups -OCH3 is 2. The first kappa shape index (κ1) is 20.8. The Morgan fingerprint density at radius 1 is 0.935 bits per heavy atom. The summed E-state index contributed by atoms with van der Waals surface area (Å²) in [5.74, 6) is 2.23. The monoisotopic (exact) mass is 436 g/mol. The van der Waals surface area contributed by atoms with E-state index in [1.165, 1.54) is 0 Å². The van der Waals surface area contributed by atoms with Gasteiger partial charge in [0, 0.05) is 16.7 Å². The largest absolute Gasteiger partial charge is 0.493 e. The van der Waals surface area contributed by atoms with Crippen LogP contribution in [0, 0.1) is 6.92 Å². The summed E-state index contributed by atoms with van der Waals surface area (Å²) in [4.78, 5) is 13.2. The third kappa shape index (κ3) is 4.09. The van der Waals surface area contributed by atoms with Gasteiger partial charge in [0.2, 0.25) is 5.43 Å². The molecule has 0 radical (unpaired) electrons. The second kappa shape index (κ2) is 8.74. The molecule has 1 aromatic heterocycles. The first-order chi connectivity index (χ1) is 15.0. The molecule has 0 unspecified atom stereocenters.